The molecule has 1 heterocycles. The van der Waals surface area contributed by atoms with Gasteiger partial charge >= 0.3 is 0 Å². The predicted octanol–water partition coefficient (Wildman–Crippen LogP) is -0.0913. The van der Waals surface area contributed by atoms with Crippen molar-refractivity contribution in [3.05, 3.63) is 0 Å². The summed E-state index contributed by atoms with van der Waals surface area (Å²) in [7, 11) is 2.16. The van der Waals surface area contributed by atoms with Crippen molar-refractivity contribution in [2.45, 2.75) is 19.8 Å². The van der Waals surface area contributed by atoms with Gasteiger partial charge in [-0.05, 0) is 38.9 Å². The van der Waals surface area contributed by atoms with Gasteiger partial charge in [0.25, 0.3) is 0 Å². The van der Waals surface area contributed by atoms with Crippen molar-refractivity contribution >= 4 is 0 Å². The van der Waals surface area contributed by atoms with E-state index in [0.717, 1.165) is 13.1 Å². The minimum absolute atomic E-state index is 0.0288. The molecule has 0 radical (unpaired) electrons. The number of aliphatic hydroxyl groups excluding tert-OH is 2. The van der Waals surface area contributed by atoms with Crippen LogP contribution in [0.3, 0.4) is 0 Å². The third kappa shape index (κ3) is 4.37. The van der Waals surface area contributed by atoms with Crippen LogP contribution >= 0.6 is 0 Å². The van der Waals surface area contributed by atoms with Crippen LogP contribution in [0.1, 0.15) is 19.8 Å². The first kappa shape index (κ1) is 13.9. The first-order chi connectivity index (χ1) is 7.59. The fourth-order valence-electron chi connectivity index (χ4n) is 2.18. The highest BCUT2D eigenvalue weighted by molar-refractivity contribution is 4.77. The van der Waals surface area contributed by atoms with Gasteiger partial charge in [0.15, 0.2) is 0 Å². The molecule has 0 amide bonds. The van der Waals surface area contributed by atoms with Crippen LogP contribution in [0, 0.1) is 11.3 Å². The smallest absolute Gasteiger partial charge is 0.0518 e. The van der Waals surface area contributed by atoms with Gasteiger partial charge < -0.3 is 20.4 Å². The zero-order valence-electron chi connectivity index (χ0n) is 10.6. The van der Waals surface area contributed by atoms with E-state index in [1.54, 1.807) is 0 Å². The standard InChI is InChI=1S/C12H26N2O2/c1-12(9-15,10-16)8-13-6-11-4-3-5-14(2)7-11/h11,13,15-16H,3-10H2,1-2H3. The van der Waals surface area contributed by atoms with Crippen LogP contribution in [-0.4, -0.2) is 61.6 Å². The van der Waals surface area contributed by atoms with Crippen molar-refractivity contribution < 1.29 is 10.2 Å². The van der Waals surface area contributed by atoms with Crippen molar-refractivity contribution in [2.75, 3.05) is 46.4 Å². The lowest BCUT2D eigenvalue weighted by atomic mass is 9.92. The zero-order chi connectivity index (χ0) is 12.0. The van der Waals surface area contributed by atoms with Crippen molar-refractivity contribution in [3.63, 3.8) is 0 Å². The molecule has 1 aliphatic heterocycles. The molecule has 96 valence electrons. The van der Waals surface area contributed by atoms with Crippen LogP contribution in [0.25, 0.3) is 0 Å². The van der Waals surface area contributed by atoms with Crippen molar-refractivity contribution in [1.82, 2.24) is 10.2 Å². The minimum Gasteiger partial charge on any atom is -0.396 e. The minimum atomic E-state index is -0.388. The molecule has 3 N–H and O–H groups in total. The van der Waals surface area contributed by atoms with Crippen LogP contribution < -0.4 is 5.32 Å². The Bertz CT molecular complexity index is 195. The van der Waals surface area contributed by atoms with Gasteiger partial charge in [0.2, 0.25) is 0 Å². The lowest BCUT2D eigenvalue weighted by Crippen LogP contribution is -2.42. The molecular formula is C12H26N2O2. The molecule has 0 aromatic heterocycles. The van der Waals surface area contributed by atoms with Crippen molar-refractivity contribution in [1.29, 1.82) is 0 Å². The number of piperidine rings is 1. The van der Waals surface area contributed by atoms with Gasteiger partial charge in [0.1, 0.15) is 0 Å². The molecule has 0 bridgehead atoms. The van der Waals surface area contributed by atoms with E-state index in [-0.39, 0.29) is 18.6 Å². The molecule has 0 aromatic rings. The summed E-state index contributed by atoms with van der Waals surface area (Å²) < 4.78 is 0. The summed E-state index contributed by atoms with van der Waals surface area (Å²) in [5.74, 6) is 0.709. The van der Waals surface area contributed by atoms with E-state index in [4.69, 9.17) is 10.2 Å². The SMILES string of the molecule is CN1CCCC(CNCC(C)(CO)CO)C1. The molecule has 4 nitrogen and oxygen atoms in total. The Balaban J connectivity index is 2.19. The monoisotopic (exact) mass is 230 g/mol. The third-order valence-corrected chi connectivity index (χ3v) is 3.47. The first-order valence-corrected chi connectivity index (χ1v) is 6.20. The summed E-state index contributed by atoms with van der Waals surface area (Å²) >= 11 is 0. The Morgan fingerprint density at radius 3 is 2.62 bits per heavy atom. The van der Waals surface area contributed by atoms with E-state index in [2.05, 4.69) is 17.3 Å². The van der Waals surface area contributed by atoms with Gasteiger partial charge in [0, 0.05) is 18.5 Å². The van der Waals surface area contributed by atoms with Gasteiger partial charge in [-0.1, -0.05) is 6.92 Å². The summed E-state index contributed by atoms with van der Waals surface area (Å²) in [6.07, 6.45) is 2.56. The number of aliphatic hydroxyl groups is 2. The Morgan fingerprint density at radius 2 is 2.06 bits per heavy atom. The summed E-state index contributed by atoms with van der Waals surface area (Å²) in [6.45, 7) is 5.98. The van der Waals surface area contributed by atoms with E-state index in [9.17, 15) is 0 Å². The van der Waals surface area contributed by atoms with E-state index < -0.39 is 0 Å². The molecule has 1 rings (SSSR count). The second-order valence-electron chi connectivity index (χ2n) is 5.53. The second-order valence-corrected chi connectivity index (χ2v) is 5.53. The van der Waals surface area contributed by atoms with E-state index >= 15 is 0 Å². The molecule has 1 fully saturated rings. The zero-order valence-corrected chi connectivity index (χ0v) is 10.6. The molecule has 4 heteroatoms. The molecule has 16 heavy (non-hydrogen) atoms. The molecule has 0 spiro atoms. The topological polar surface area (TPSA) is 55.7 Å². The lowest BCUT2D eigenvalue weighted by molar-refractivity contribution is 0.0678. The highest BCUT2D eigenvalue weighted by Crippen LogP contribution is 2.15. The van der Waals surface area contributed by atoms with Gasteiger partial charge in [-0.15, -0.1) is 0 Å². The van der Waals surface area contributed by atoms with Gasteiger partial charge in [-0.3, -0.25) is 0 Å². The number of likely N-dealkylation sites (tertiary alicyclic amines) is 1. The summed E-state index contributed by atoms with van der Waals surface area (Å²) in [5.41, 5.74) is -0.388. The van der Waals surface area contributed by atoms with E-state index in [1.165, 1.54) is 19.4 Å². The lowest BCUT2D eigenvalue weighted by Gasteiger charge is -2.31. The van der Waals surface area contributed by atoms with Crippen molar-refractivity contribution in [2.24, 2.45) is 11.3 Å². The number of hydrogen-bond acceptors (Lipinski definition) is 4. The molecule has 0 aromatic carbocycles. The van der Waals surface area contributed by atoms with Gasteiger partial charge in [0.05, 0.1) is 13.2 Å². The van der Waals surface area contributed by atoms with Crippen molar-refractivity contribution in [3.8, 4) is 0 Å². The molecule has 1 aliphatic rings. The highest BCUT2D eigenvalue weighted by atomic mass is 16.3. The average Bonchev–Trinajstić information content (AvgIpc) is 2.29. The van der Waals surface area contributed by atoms with Crippen LogP contribution in [-0.2, 0) is 0 Å². The Hall–Kier alpha value is -0.160. The predicted molar refractivity (Wildman–Crippen MR) is 65.4 cm³/mol. The molecule has 0 aliphatic carbocycles. The largest absolute Gasteiger partial charge is 0.396 e. The van der Waals surface area contributed by atoms with Crippen LogP contribution in [0.5, 0.6) is 0 Å². The van der Waals surface area contributed by atoms with Crippen LogP contribution in [0.4, 0.5) is 0 Å². The van der Waals surface area contributed by atoms with Crippen LogP contribution in [0.15, 0.2) is 0 Å². The summed E-state index contributed by atoms with van der Waals surface area (Å²) in [5, 5.41) is 21.7. The van der Waals surface area contributed by atoms with E-state index in [1.807, 2.05) is 6.92 Å². The molecular weight excluding hydrogens is 204 g/mol. The molecule has 1 unspecified atom stereocenters. The van der Waals surface area contributed by atoms with Gasteiger partial charge in [-0.2, -0.15) is 0 Å². The number of hydrogen-bond donors (Lipinski definition) is 3. The van der Waals surface area contributed by atoms with Crippen LogP contribution in [0.2, 0.25) is 0 Å². The maximum absolute atomic E-state index is 9.16. The number of nitrogens with zero attached hydrogens (tertiary/aromatic N) is 1. The van der Waals surface area contributed by atoms with E-state index in [0.29, 0.717) is 12.5 Å². The third-order valence-electron chi connectivity index (χ3n) is 3.47. The normalized spacial score (nSPS) is 23.6. The Labute approximate surface area is 98.6 Å². The maximum Gasteiger partial charge on any atom is 0.0518 e. The molecule has 0 saturated carbocycles. The quantitative estimate of drug-likeness (QED) is 0.597. The average molecular weight is 230 g/mol. The number of rotatable bonds is 6. The molecule has 1 saturated heterocycles. The Morgan fingerprint density at radius 1 is 1.38 bits per heavy atom. The Kier molecular flexibility index (Phi) is 5.69. The highest BCUT2D eigenvalue weighted by Gasteiger charge is 2.23. The first-order valence-electron chi connectivity index (χ1n) is 6.20. The summed E-state index contributed by atoms with van der Waals surface area (Å²) in [6, 6.07) is 0. The maximum atomic E-state index is 9.16. The second kappa shape index (κ2) is 6.55. The number of nitrogens with one attached hydrogen (secondary N) is 1. The van der Waals surface area contributed by atoms with Gasteiger partial charge in [-0.25, -0.2) is 0 Å². The molecule has 1 atom stereocenters. The fraction of sp³-hybridized carbons (Fsp3) is 1.00. The summed E-state index contributed by atoms with van der Waals surface area (Å²) in [4.78, 5) is 2.37. The fourth-order valence-corrected chi connectivity index (χ4v) is 2.18.